The smallest absolute Gasteiger partial charge is 0.269 e. The summed E-state index contributed by atoms with van der Waals surface area (Å²) >= 11 is 1.24. The lowest BCUT2D eigenvalue weighted by Crippen LogP contribution is -2.15. The molecule has 10 heteroatoms. The van der Waals surface area contributed by atoms with E-state index < -0.39 is 4.92 Å². The molecule has 0 saturated heterocycles. The van der Waals surface area contributed by atoms with Gasteiger partial charge in [0, 0.05) is 24.4 Å². The highest BCUT2D eigenvalue weighted by Gasteiger charge is 2.20. The second kappa shape index (κ2) is 11.2. The van der Waals surface area contributed by atoms with E-state index in [4.69, 9.17) is 4.74 Å². The summed E-state index contributed by atoms with van der Waals surface area (Å²) in [5.74, 6) is 1.19. The van der Waals surface area contributed by atoms with Crippen LogP contribution in [0.2, 0.25) is 0 Å². The number of hydrogen-bond donors (Lipinski definition) is 1. The fraction of sp³-hybridized carbons (Fsp3) is 0.320. The van der Waals surface area contributed by atoms with Crippen molar-refractivity contribution >= 4 is 29.0 Å². The Labute approximate surface area is 208 Å². The van der Waals surface area contributed by atoms with Gasteiger partial charge in [-0.15, -0.1) is 16.8 Å². The Kier molecular flexibility index (Phi) is 8.29. The Morgan fingerprint density at radius 2 is 1.86 bits per heavy atom. The van der Waals surface area contributed by atoms with E-state index in [0.717, 1.165) is 5.75 Å². The van der Waals surface area contributed by atoms with E-state index in [0.29, 0.717) is 23.2 Å². The molecule has 0 aliphatic rings. The number of aromatic nitrogens is 3. The summed E-state index contributed by atoms with van der Waals surface area (Å²) in [6.45, 7) is 12.7. The highest BCUT2D eigenvalue weighted by Crippen LogP contribution is 2.28. The minimum atomic E-state index is -0.489. The number of rotatable bonds is 10. The van der Waals surface area contributed by atoms with E-state index in [-0.39, 0.29) is 28.9 Å². The van der Waals surface area contributed by atoms with Crippen LogP contribution in [0.25, 0.3) is 0 Å². The summed E-state index contributed by atoms with van der Waals surface area (Å²) in [7, 11) is 0. The Balaban J connectivity index is 1.64. The van der Waals surface area contributed by atoms with E-state index in [1.807, 2.05) is 23.6 Å². The van der Waals surface area contributed by atoms with Crippen LogP contribution in [-0.2, 0) is 16.8 Å². The maximum absolute atomic E-state index is 12.4. The lowest BCUT2D eigenvalue weighted by Gasteiger charge is -2.20. The number of nitrogens with one attached hydrogen (secondary N) is 1. The lowest BCUT2D eigenvalue weighted by atomic mass is 9.87. The van der Waals surface area contributed by atoms with E-state index in [2.05, 4.69) is 55.0 Å². The number of nitro benzene ring substituents is 1. The number of thioether (sulfide) groups is 1. The zero-order valence-electron chi connectivity index (χ0n) is 20.2. The van der Waals surface area contributed by atoms with Gasteiger partial charge in [-0.3, -0.25) is 19.5 Å². The van der Waals surface area contributed by atoms with Crippen molar-refractivity contribution in [2.75, 3.05) is 11.1 Å². The molecule has 0 aliphatic carbocycles. The normalized spacial score (nSPS) is 12.1. The van der Waals surface area contributed by atoms with Crippen LogP contribution in [-0.4, -0.2) is 31.3 Å². The molecular weight excluding hydrogens is 466 g/mol. The monoisotopic (exact) mass is 495 g/mol. The Hall–Kier alpha value is -3.66. The van der Waals surface area contributed by atoms with Gasteiger partial charge in [0.2, 0.25) is 5.91 Å². The van der Waals surface area contributed by atoms with Gasteiger partial charge >= 0.3 is 0 Å². The highest BCUT2D eigenvalue weighted by molar-refractivity contribution is 7.99. The van der Waals surface area contributed by atoms with Crippen LogP contribution in [0.15, 0.2) is 66.3 Å². The van der Waals surface area contributed by atoms with E-state index >= 15 is 0 Å². The second-order valence-electron chi connectivity index (χ2n) is 8.92. The molecule has 1 unspecified atom stereocenters. The maximum atomic E-state index is 12.4. The van der Waals surface area contributed by atoms with Crippen LogP contribution in [0.3, 0.4) is 0 Å². The highest BCUT2D eigenvalue weighted by atomic mass is 32.2. The van der Waals surface area contributed by atoms with Crippen molar-refractivity contribution in [2.45, 2.75) is 50.9 Å². The molecule has 0 spiro atoms. The number of nitro groups is 1. The molecule has 3 rings (SSSR count). The van der Waals surface area contributed by atoms with Gasteiger partial charge in [-0.1, -0.05) is 50.7 Å². The predicted molar refractivity (Wildman–Crippen MR) is 137 cm³/mol. The van der Waals surface area contributed by atoms with Crippen molar-refractivity contribution in [3.8, 4) is 5.75 Å². The van der Waals surface area contributed by atoms with Gasteiger partial charge in [0.25, 0.3) is 5.69 Å². The molecule has 1 aromatic heterocycles. The minimum absolute atomic E-state index is 0.0380. The second-order valence-corrected chi connectivity index (χ2v) is 9.86. The van der Waals surface area contributed by atoms with Gasteiger partial charge in [0.1, 0.15) is 5.75 Å². The zero-order valence-corrected chi connectivity index (χ0v) is 21.0. The summed E-state index contributed by atoms with van der Waals surface area (Å²) in [6.07, 6.45) is 1.37. The van der Waals surface area contributed by atoms with E-state index in [1.54, 1.807) is 6.08 Å². The fourth-order valence-corrected chi connectivity index (χ4v) is 4.05. The van der Waals surface area contributed by atoms with Crippen molar-refractivity contribution in [3.63, 3.8) is 0 Å². The molecule has 9 nitrogen and oxygen atoms in total. The number of carbonyl (C=O) groups excluding carboxylic acids is 1. The zero-order chi connectivity index (χ0) is 25.6. The number of amides is 1. The molecule has 184 valence electrons. The van der Waals surface area contributed by atoms with Crippen molar-refractivity contribution in [1.82, 2.24) is 14.8 Å². The number of carbonyl (C=O) groups is 1. The third kappa shape index (κ3) is 6.92. The SMILES string of the molecule is C=CCn1c(SCC(=O)Nc2ccc([N+](=O)[O-])cc2)nnc1C(C)Oc1ccc(C(C)(C)C)cc1. The van der Waals surface area contributed by atoms with Crippen LogP contribution in [0, 0.1) is 10.1 Å². The van der Waals surface area contributed by atoms with Crippen molar-refractivity contribution in [3.05, 3.63) is 82.7 Å². The topological polar surface area (TPSA) is 112 Å². The van der Waals surface area contributed by atoms with E-state index in [9.17, 15) is 14.9 Å². The van der Waals surface area contributed by atoms with Crippen molar-refractivity contribution in [2.24, 2.45) is 0 Å². The van der Waals surface area contributed by atoms with E-state index in [1.165, 1.54) is 41.6 Å². The van der Waals surface area contributed by atoms with Gasteiger partial charge in [0.05, 0.1) is 10.7 Å². The molecule has 2 aromatic carbocycles. The molecule has 1 heterocycles. The Morgan fingerprint density at radius 3 is 2.43 bits per heavy atom. The molecular formula is C25H29N5O4S. The fourth-order valence-electron chi connectivity index (χ4n) is 3.29. The van der Waals surface area contributed by atoms with Crippen LogP contribution >= 0.6 is 11.8 Å². The molecule has 0 aliphatic heterocycles. The summed E-state index contributed by atoms with van der Waals surface area (Å²) in [6, 6.07) is 13.7. The number of hydrogen-bond acceptors (Lipinski definition) is 7. The van der Waals surface area contributed by atoms with Gasteiger partial charge in [-0.05, 0) is 42.2 Å². The number of non-ortho nitro benzene ring substituents is 1. The molecule has 0 radical (unpaired) electrons. The third-order valence-corrected chi connectivity index (χ3v) is 6.11. The minimum Gasteiger partial charge on any atom is -0.483 e. The first-order valence-corrected chi connectivity index (χ1v) is 12.1. The molecule has 1 atom stereocenters. The molecule has 0 saturated carbocycles. The summed E-state index contributed by atoms with van der Waals surface area (Å²) < 4.78 is 7.97. The van der Waals surface area contributed by atoms with Crippen LogP contribution in [0.5, 0.6) is 5.75 Å². The van der Waals surface area contributed by atoms with Crippen molar-refractivity contribution in [1.29, 1.82) is 0 Å². The van der Waals surface area contributed by atoms with Crippen LogP contribution in [0.4, 0.5) is 11.4 Å². The first-order valence-electron chi connectivity index (χ1n) is 11.1. The first-order chi connectivity index (χ1) is 16.6. The number of anilines is 1. The number of nitrogens with zero attached hydrogens (tertiary/aromatic N) is 4. The standard InChI is InChI=1S/C25H29N5O4S/c1-6-15-29-23(17(2)34-21-13-7-18(8-14-21)25(3,4)5)27-28-24(29)35-16-22(31)26-19-9-11-20(12-10-19)30(32)33/h6-14,17H,1,15-16H2,2-5H3,(H,26,31). The van der Waals surface area contributed by atoms with Gasteiger partial charge < -0.3 is 10.1 Å². The quantitative estimate of drug-likeness (QED) is 0.170. The Bertz CT molecular complexity index is 1180. The molecule has 35 heavy (non-hydrogen) atoms. The average Bonchev–Trinajstić information content (AvgIpc) is 3.21. The number of ether oxygens (including phenoxy) is 1. The molecule has 3 aromatic rings. The third-order valence-electron chi connectivity index (χ3n) is 5.15. The average molecular weight is 496 g/mol. The largest absolute Gasteiger partial charge is 0.483 e. The van der Waals surface area contributed by atoms with Crippen molar-refractivity contribution < 1.29 is 14.5 Å². The molecule has 0 fully saturated rings. The maximum Gasteiger partial charge on any atom is 0.269 e. The van der Waals surface area contributed by atoms with Gasteiger partial charge in [-0.2, -0.15) is 0 Å². The Morgan fingerprint density at radius 1 is 1.20 bits per heavy atom. The molecule has 1 amide bonds. The summed E-state index contributed by atoms with van der Waals surface area (Å²) in [5, 5.41) is 22.6. The number of allylic oxidation sites excluding steroid dienone is 1. The van der Waals surface area contributed by atoms with Crippen LogP contribution in [0.1, 0.15) is 45.2 Å². The van der Waals surface area contributed by atoms with Gasteiger partial charge in [-0.25, -0.2) is 0 Å². The first kappa shape index (κ1) is 26.0. The number of benzene rings is 2. The summed E-state index contributed by atoms with van der Waals surface area (Å²) in [4.78, 5) is 22.7. The predicted octanol–water partition coefficient (Wildman–Crippen LogP) is 5.54. The molecule has 1 N–H and O–H groups in total. The molecule has 0 bridgehead atoms. The lowest BCUT2D eigenvalue weighted by molar-refractivity contribution is -0.384. The van der Waals surface area contributed by atoms with Gasteiger partial charge in [0.15, 0.2) is 17.1 Å². The van der Waals surface area contributed by atoms with Crippen LogP contribution < -0.4 is 10.1 Å². The summed E-state index contributed by atoms with van der Waals surface area (Å²) in [5.41, 5.74) is 1.72.